The molecule has 2 heterocycles. The third-order valence-corrected chi connectivity index (χ3v) is 4.70. The number of hydrogen-bond acceptors (Lipinski definition) is 4. The molecule has 134 valence electrons. The summed E-state index contributed by atoms with van der Waals surface area (Å²) in [6.07, 6.45) is 2.20. The van der Waals surface area contributed by atoms with Gasteiger partial charge in [-0.1, -0.05) is 13.8 Å². The number of carbonyl (C=O) groups is 2. The van der Waals surface area contributed by atoms with Gasteiger partial charge in [0.15, 0.2) is 0 Å². The second-order valence-electron chi connectivity index (χ2n) is 6.97. The maximum absolute atomic E-state index is 12.6. The summed E-state index contributed by atoms with van der Waals surface area (Å²) in [5.41, 5.74) is 1.62. The van der Waals surface area contributed by atoms with E-state index in [1.54, 1.807) is 11.1 Å². The summed E-state index contributed by atoms with van der Waals surface area (Å²) in [5.74, 6) is -0.785. The molecule has 7 nitrogen and oxygen atoms in total. The molecule has 0 aliphatic carbocycles. The molecule has 7 heteroatoms. The summed E-state index contributed by atoms with van der Waals surface area (Å²) in [4.78, 5) is 26.5. The van der Waals surface area contributed by atoms with E-state index in [4.69, 9.17) is 0 Å². The molecule has 1 aliphatic heterocycles. The Kier molecular flexibility index (Phi) is 5.03. The van der Waals surface area contributed by atoms with E-state index in [9.17, 15) is 14.7 Å². The van der Waals surface area contributed by atoms with E-state index in [1.165, 1.54) is 0 Å². The van der Waals surface area contributed by atoms with E-state index in [0.29, 0.717) is 18.8 Å². The number of hydrogen-bond donors (Lipinski definition) is 3. The van der Waals surface area contributed by atoms with Crippen LogP contribution in [0.2, 0.25) is 0 Å². The van der Waals surface area contributed by atoms with Crippen molar-refractivity contribution in [1.82, 2.24) is 15.1 Å². The van der Waals surface area contributed by atoms with Gasteiger partial charge < -0.3 is 15.3 Å². The van der Waals surface area contributed by atoms with Gasteiger partial charge in [-0.05, 0) is 37.0 Å². The minimum Gasteiger partial charge on any atom is -0.383 e. The lowest BCUT2D eigenvalue weighted by Crippen LogP contribution is -2.48. The van der Waals surface area contributed by atoms with Crippen molar-refractivity contribution >= 4 is 28.4 Å². The smallest absolute Gasteiger partial charge is 0.251 e. The SMILES string of the molecule is CC(C)[C@H](O)C(=O)N1CCCC(C(=O)Nc2ccc3[nH]ncc3c2)C1. The quantitative estimate of drug-likeness (QED) is 0.787. The number of H-pyrrole nitrogens is 1. The molecule has 3 N–H and O–H groups in total. The van der Waals surface area contributed by atoms with Gasteiger partial charge in [-0.2, -0.15) is 5.10 Å². The van der Waals surface area contributed by atoms with Crippen molar-refractivity contribution in [2.45, 2.75) is 32.8 Å². The number of piperidine rings is 1. The Morgan fingerprint density at radius 1 is 1.40 bits per heavy atom. The monoisotopic (exact) mass is 344 g/mol. The number of nitrogens with zero attached hydrogens (tertiary/aromatic N) is 2. The summed E-state index contributed by atoms with van der Waals surface area (Å²) < 4.78 is 0. The predicted octanol–water partition coefficient (Wildman–Crippen LogP) is 1.76. The largest absolute Gasteiger partial charge is 0.383 e. The van der Waals surface area contributed by atoms with Crippen LogP contribution in [0.5, 0.6) is 0 Å². The second-order valence-corrected chi connectivity index (χ2v) is 6.97. The van der Waals surface area contributed by atoms with Crippen LogP contribution >= 0.6 is 0 Å². The highest BCUT2D eigenvalue weighted by molar-refractivity contribution is 5.95. The van der Waals surface area contributed by atoms with Crippen LogP contribution in [0.3, 0.4) is 0 Å². The standard InChI is InChI=1S/C18H24N4O3/c1-11(2)16(23)18(25)22-7-3-4-12(10-22)17(24)20-14-5-6-15-13(8-14)9-19-21-15/h5-6,8-9,11-12,16,23H,3-4,7,10H2,1-2H3,(H,19,21)(H,20,24)/t12?,16-/m0/s1. The Hall–Kier alpha value is -2.41. The van der Waals surface area contributed by atoms with Crippen LogP contribution in [0, 0.1) is 11.8 Å². The minimum atomic E-state index is -1.01. The van der Waals surface area contributed by atoms with Gasteiger partial charge in [0.2, 0.25) is 5.91 Å². The normalized spacial score (nSPS) is 19.2. The number of fused-ring (bicyclic) bond motifs is 1. The molecule has 1 saturated heterocycles. The van der Waals surface area contributed by atoms with Gasteiger partial charge in [0, 0.05) is 24.2 Å². The van der Waals surface area contributed by atoms with Gasteiger partial charge in [-0.25, -0.2) is 0 Å². The van der Waals surface area contributed by atoms with E-state index < -0.39 is 6.10 Å². The fourth-order valence-electron chi connectivity index (χ4n) is 3.13. The fraction of sp³-hybridized carbons (Fsp3) is 0.500. The molecule has 2 atom stereocenters. The Morgan fingerprint density at radius 3 is 2.96 bits per heavy atom. The maximum Gasteiger partial charge on any atom is 0.251 e. The number of rotatable bonds is 4. The average Bonchev–Trinajstić information content (AvgIpc) is 3.08. The lowest BCUT2D eigenvalue weighted by molar-refractivity contribution is -0.145. The van der Waals surface area contributed by atoms with E-state index in [0.717, 1.165) is 23.7 Å². The van der Waals surface area contributed by atoms with Gasteiger partial charge in [0.05, 0.1) is 17.6 Å². The number of aromatic amines is 1. The van der Waals surface area contributed by atoms with Crippen LogP contribution < -0.4 is 5.32 Å². The van der Waals surface area contributed by atoms with E-state index >= 15 is 0 Å². The number of amides is 2. The molecule has 25 heavy (non-hydrogen) atoms. The molecule has 3 rings (SSSR count). The highest BCUT2D eigenvalue weighted by Gasteiger charge is 2.32. The molecule has 1 aromatic heterocycles. The van der Waals surface area contributed by atoms with Crippen molar-refractivity contribution in [2.75, 3.05) is 18.4 Å². The van der Waals surface area contributed by atoms with Crippen LogP contribution in [0.1, 0.15) is 26.7 Å². The second kappa shape index (κ2) is 7.23. The van der Waals surface area contributed by atoms with Gasteiger partial charge in [-0.15, -0.1) is 0 Å². The van der Waals surface area contributed by atoms with E-state index in [1.807, 2.05) is 32.0 Å². The summed E-state index contributed by atoms with van der Waals surface area (Å²) in [7, 11) is 0. The first-order valence-electron chi connectivity index (χ1n) is 8.66. The Bertz CT molecular complexity index is 771. The van der Waals surface area contributed by atoms with Crippen molar-refractivity contribution in [3.8, 4) is 0 Å². The first-order chi connectivity index (χ1) is 12.0. The third-order valence-electron chi connectivity index (χ3n) is 4.70. The van der Waals surface area contributed by atoms with Crippen LogP contribution in [0.25, 0.3) is 10.9 Å². The Balaban J connectivity index is 1.64. The van der Waals surface area contributed by atoms with Gasteiger partial charge in [-0.3, -0.25) is 14.7 Å². The molecular formula is C18H24N4O3. The van der Waals surface area contributed by atoms with Crippen molar-refractivity contribution in [3.63, 3.8) is 0 Å². The van der Waals surface area contributed by atoms with Crippen molar-refractivity contribution in [3.05, 3.63) is 24.4 Å². The number of anilines is 1. The van der Waals surface area contributed by atoms with E-state index in [-0.39, 0.29) is 23.7 Å². The zero-order valence-corrected chi connectivity index (χ0v) is 14.5. The summed E-state index contributed by atoms with van der Waals surface area (Å²) in [6.45, 7) is 4.56. The molecular weight excluding hydrogens is 320 g/mol. The molecule has 0 radical (unpaired) electrons. The Labute approximate surface area is 146 Å². The van der Waals surface area contributed by atoms with Crippen molar-refractivity contribution in [2.24, 2.45) is 11.8 Å². The molecule has 2 aromatic rings. The zero-order chi connectivity index (χ0) is 18.0. The predicted molar refractivity (Wildman–Crippen MR) is 94.9 cm³/mol. The van der Waals surface area contributed by atoms with E-state index in [2.05, 4.69) is 15.5 Å². The first-order valence-corrected chi connectivity index (χ1v) is 8.66. The van der Waals surface area contributed by atoms with Crippen LogP contribution in [0.15, 0.2) is 24.4 Å². The number of benzene rings is 1. The van der Waals surface area contributed by atoms with Crippen molar-refractivity contribution in [1.29, 1.82) is 0 Å². The molecule has 0 spiro atoms. The maximum atomic E-state index is 12.6. The first kappa shape index (κ1) is 17.4. The van der Waals surface area contributed by atoms with Gasteiger partial charge in [0.25, 0.3) is 5.91 Å². The number of aliphatic hydroxyl groups is 1. The van der Waals surface area contributed by atoms with Crippen molar-refractivity contribution < 1.29 is 14.7 Å². The molecule has 2 amide bonds. The molecule has 0 saturated carbocycles. The minimum absolute atomic E-state index is 0.0978. The number of carbonyl (C=O) groups excluding carboxylic acids is 2. The number of aromatic nitrogens is 2. The fourth-order valence-corrected chi connectivity index (χ4v) is 3.13. The van der Waals surface area contributed by atoms with Crippen LogP contribution in [-0.2, 0) is 9.59 Å². The number of likely N-dealkylation sites (tertiary alicyclic amines) is 1. The van der Waals surface area contributed by atoms with Crippen LogP contribution in [0.4, 0.5) is 5.69 Å². The van der Waals surface area contributed by atoms with Crippen LogP contribution in [-0.4, -0.2) is 51.2 Å². The molecule has 1 unspecified atom stereocenters. The zero-order valence-electron chi connectivity index (χ0n) is 14.5. The summed E-state index contributed by atoms with van der Waals surface area (Å²) in [5, 5.41) is 20.7. The lowest BCUT2D eigenvalue weighted by atomic mass is 9.95. The Morgan fingerprint density at radius 2 is 2.20 bits per heavy atom. The lowest BCUT2D eigenvalue weighted by Gasteiger charge is -2.34. The average molecular weight is 344 g/mol. The molecule has 1 fully saturated rings. The summed E-state index contributed by atoms with van der Waals surface area (Å²) in [6, 6.07) is 5.56. The topological polar surface area (TPSA) is 98.3 Å². The van der Waals surface area contributed by atoms with Gasteiger partial charge in [0.1, 0.15) is 6.10 Å². The van der Waals surface area contributed by atoms with Gasteiger partial charge >= 0.3 is 0 Å². The third kappa shape index (κ3) is 3.82. The highest BCUT2D eigenvalue weighted by atomic mass is 16.3. The number of nitrogens with one attached hydrogen (secondary N) is 2. The molecule has 1 aliphatic rings. The summed E-state index contributed by atoms with van der Waals surface area (Å²) >= 11 is 0. The molecule has 1 aromatic carbocycles. The number of aliphatic hydroxyl groups excluding tert-OH is 1. The molecule has 0 bridgehead atoms. The highest BCUT2D eigenvalue weighted by Crippen LogP contribution is 2.22.